The van der Waals surface area contributed by atoms with Gasteiger partial charge >= 0.3 is 5.97 Å². The van der Waals surface area contributed by atoms with Crippen molar-refractivity contribution in [2.24, 2.45) is 22.2 Å². The van der Waals surface area contributed by atoms with Crippen LogP contribution in [0.15, 0.2) is 4.99 Å². The molecule has 4 fully saturated rings. The number of guanidine groups is 1. The number of hydrogen-bond acceptors (Lipinski definition) is 4. The van der Waals surface area contributed by atoms with Gasteiger partial charge in [-0.1, -0.05) is 12.8 Å². The summed E-state index contributed by atoms with van der Waals surface area (Å²) in [6, 6.07) is 0.499. The monoisotopic (exact) mass is 491 g/mol. The van der Waals surface area contributed by atoms with Crippen molar-refractivity contribution in [3.63, 3.8) is 0 Å². The first kappa shape index (κ1) is 21.1. The molecule has 4 rings (SSSR count). The number of likely N-dealkylation sites (tertiary alicyclic amines) is 1. The molecule has 0 bridgehead atoms. The van der Waals surface area contributed by atoms with E-state index >= 15 is 0 Å². The van der Waals surface area contributed by atoms with E-state index in [0.29, 0.717) is 30.1 Å². The van der Waals surface area contributed by atoms with E-state index in [0.717, 1.165) is 38.5 Å². The maximum Gasteiger partial charge on any atom is 0.309 e. The number of carbonyl (C=O) groups excluding carboxylic acids is 1. The van der Waals surface area contributed by atoms with Crippen LogP contribution < -0.4 is 5.32 Å². The lowest BCUT2D eigenvalue weighted by atomic mass is 9.54. The van der Waals surface area contributed by atoms with E-state index in [1.54, 1.807) is 0 Å². The van der Waals surface area contributed by atoms with Gasteiger partial charge < -0.3 is 19.7 Å². The summed E-state index contributed by atoms with van der Waals surface area (Å²) in [6.07, 6.45) is 8.57. The second-order valence-corrected chi connectivity index (χ2v) is 8.37. The van der Waals surface area contributed by atoms with Crippen LogP contribution in [0.1, 0.15) is 51.9 Å². The zero-order chi connectivity index (χ0) is 18.1. The summed E-state index contributed by atoms with van der Waals surface area (Å²) >= 11 is 0. The van der Waals surface area contributed by atoms with Gasteiger partial charge in [0.1, 0.15) is 0 Å². The molecule has 2 aliphatic heterocycles. The minimum absolute atomic E-state index is 0. The number of aliphatic imine (C=N–C) groups is 1. The summed E-state index contributed by atoms with van der Waals surface area (Å²) in [7, 11) is 1.88. The van der Waals surface area contributed by atoms with Crippen molar-refractivity contribution in [3.05, 3.63) is 0 Å². The first-order valence-corrected chi connectivity index (χ1v) is 10.5. The van der Waals surface area contributed by atoms with E-state index in [-0.39, 0.29) is 35.9 Å². The van der Waals surface area contributed by atoms with Crippen molar-refractivity contribution < 1.29 is 14.3 Å². The van der Waals surface area contributed by atoms with E-state index in [1.165, 1.54) is 32.1 Å². The van der Waals surface area contributed by atoms with Gasteiger partial charge in [0.25, 0.3) is 0 Å². The average molecular weight is 491 g/mol. The highest BCUT2D eigenvalue weighted by Crippen LogP contribution is 2.60. The number of carbonyl (C=O) groups is 1. The van der Waals surface area contributed by atoms with Gasteiger partial charge in [0.05, 0.1) is 18.6 Å². The molecular weight excluding hydrogens is 457 g/mol. The molecule has 4 aliphatic rings. The molecule has 1 spiro atoms. The fraction of sp³-hybridized carbons (Fsp3) is 0.900. The number of rotatable bonds is 3. The summed E-state index contributed by atoms with van der Waals surface area (Å²) in [4.78, 5) is 18.9. The van der Waals surface area contributed by atoms with Gasteiger partial charge in [-0.05, 0) is 39.0 Å². The van der Waals surface area contributed by atoms with Crippen LogP contribution in [0.25, 0.3) is 0 Å². The van der Waals surface area contributed by atoms with Crippen LogP contribution in [0.2, 0.25) is 0 Å². The number of piperidine rings is 1. The molecule has 3 atom stereocenters. The lowest BCUT2D eigenvalue weighted by molar-refractivity contribution is -0.149. The van der Waals surface area contributed by atoms with Crippen LogP contribution >= 0.6 is 24.0 Å². The molecule has 27 heavy (non-hydrogen) atoms. The molecule has 0 radical (unpaired) electrons. The molecule has 2 saturated heterocycles. The number of nitrogens with one attached hydrogen (secondary N) is 1. The molecule has 6 nitrogen and oxygen atoms in total. The SMILES string of the molecule is CCOC(=O)C1CCN(C(=NC)NC2C3CCOC3C23CCCC3)CC1.I. The second kappa shape index (κ2) is 8.84. The minimum Gasteiger partial charge on any atom is -0.466 e. The van der Waals surface area contributed by atoms with Crippen molar-refractivity contribution in [1.29, 1.82) is 0 Å². The second-order valence-electron chi connectivity index (χ2n) is 8.37. The third kappa shape index (κ3) is 3.70. The first-order valence-electron chi connectivity index (χ1n) is 10.5. The molecule has 154 valence electrons. The predicted octanol–water partition coefficient (Wildman–Crippen LogP) is 2.80. The van der Waals surface area contributed by atoms with Crippen LogP contribution in [-0.4, -0.2) is 62.3 Å². The Balaban J connectivity index is 0.00000210. The fourth-order valence-electron chi connectivity index (χ4n) is 5.93. The molecule has 2 aliphatic carbocycles. The Morgan fingerprint density at radius 1 is 1.26 bits per heavy atom. The van der Waals surface area contributed by atoms with Gasteiger partial charge in [-0.2, -0.15) is 0 Å². The molecule has 7 heteroatoms. The summed E-state index contributed by atoms with van der Waals surface area (Å²) in [5.41, 5.74) is 0.334. The topological polar surface area (TPSA) is 63.2 Å². The highest BCUT2D eigenvalue weighted by atomic mass is 127. The smallest absolute Gasteiger partial charge is 0.309 e. The van der Waals surface area contributed by atoms with E-state index in [4.69, 9.17) is 9.47 Å². The quantitative estimate of drug-likeness (QED) is 0.285. The van der Waals surface area contributed by atoms with Gasteiger partial charge in [0.15, 0.2) is 5.96 Å². The predicted molar refractivity (Wildman–Crippen MR) is 115 cm³/mol. The Kier molecular flexibility index (Phi) is 6.93. The van der Waals surface area contributed by atoms with Crippen molar-refractivity contribution in [3.8, 4) is 0 Å². The molecule has 0 amide bonds. The van der Waals surface area contributed by atoms with Gasteiger partial charge in [0, 0.05) is 44.1 Å². The molecule has 0 aromatic heterocycles. The van der Waals surface area contributed by atoms with Gasteiger partial charge in [-0.3, -0.25) is 9.79 Å². The molecule has 0 aromatic carbocycles. The molecule has 2 saturated carbocycles. The van der Waals surface area contributed by atoms with Crippen molar-refractivity contribution in [1.82, 2.24) is 10.2 Å². The Morgan fingerprint density at radius 3 is 2.59 bits per heavy atom. The maximum atomic E-state index is 12.0. The van der Waals surface area contributed by atoms with E-state index in [2.05, 4.69) is 15.2 Å². The van der Waals surface area contributed by atoms with Gasteiger partial charge in [-0.25, -0.2) is 0 Å². The van der Waals surface area contributed by atoms with Crippen molar-refractivity contribution in [2.75, 3.05) is 33.4 Å². The third-order valence-corrected chi connectivity index (χ3v) is 7.20. The Labute approximate surface area is 179 Å². The fourth-order valence-corrected chi connectivity index (χ4v) is 5.93. The molecule has 3 unspecified atom stereocenters. The van der Waals surface area contributed by atoms with Gasteiger partial charge in [0.2, 0.25) is 0 Å². The number of nitrogens with zero attached hydrogens (tertiary/aromatic N) is 2. The molecule has 2 heterocycles. The highest BCUT2D eigenvalue weighted by Gasteiger charge is 2.65. The third-order valence-electron chi connectivity index (χ3n) is 7.20. The Bertz CT molecular complexity index is 557. The highest BCUT2D eigenvalue weighted by molar-refractivity contribution is 14.0. The summed E-state index contributed by atoms with van der Waals surface area (Å²) < 4.78 is 11.3. The zero-order valence-corrected chi connectivity index (χ0v) is 18.9. The number of ether oxygens (including phenoxy) is 2. The van der Waals surface area contributed by atoms with Crippen molar-refractivity contribution >= 4 is 35.9 Å². The van der Waals surface area contributed by atoms with E-state index in [1.807, 2.05) is 14.0 Å². The van der Waals surface area contributed by atoms with Crippen LogP contribution in [0.5, 0.6) is 0 Å². The summed E-state index contributed by atoms with van der Waals surface area (Å²) in [6.45, 7) is 4.99. The Hall–Kier alpha value is -0.570. The molecule has 0 aromatic rings. The number of halogens is 1. The summed E-state index contributed by atoms with van der Waals surface area (Å²) in [5.74, 6) is 1.66. The largest absolute Gasteiger partial charge is 0.466 e. The molecular formula is C20H34IN3O3. The number of esters is 1. The zero-order valence-electron chi connectivity index (χ0n) is 16.6. The van der Waals surface area contributed by atoms with E-state index < -0.39 is 0 Å². The Morgan fingerprint density at radius 2 is 1.96 bits per heavy atom. The normalized spacial score (nSPS) is 32.6. The van der Waals surface area contributed by atoms with Crippen LogP contribution in [0, 0.1) is 17.3 Å². The lowest BCUT2D eigenvalue weighted by Gasteiger charge is -2.57. The lowest BCUT2D eigenvalue weighted by Crippen LogP contribution is -2.69. The maximum absolute atomic E-state index is 12.0. The van der Waals surface area contributed by atoms with E-state index in [9.17, 15) is 4.79 Å². The van der Waals surface area contributed by atoms with Crippen molar-refractivity contribution in [2.45, 2.75) is 64.0 Å². The summed E-state index contributed by atoms with van der Waals surface area (Å²) in [5, 5.41) is 3.83. The molecule has 1 N–H and O–H groups in total. The van der Waals surface area contributed by atoms with Crippen LogP contribution in [-0.2, 0) is 14.3 Å². The standard InChI is InChI=1S/C20H33N3O3.HI/c1-3-25-18(24)14-6-11-23(12-7-14)19(21-2)22-16-15-8-13-26-17(15)20(16)9-4-5-10-20;/h14-17H,3-13H2,1-2H3,(H,21,22);1H. The number of fused-ring (bicyclic) bond motifs is 2. The average Bonchev–Trinajstić information content (AvgIpc) is 3.32. The first-order chi connectivity index (χ1) is 12.7. The van der Waals surface area contributed by atoms with Crippen LogP contribution in [0.3, 0.4) is 0 Å². The van der Waals surface area contributed by atoms with Crippen LogP contribution in [0.4, 0.5) is 0 Å². The minimum atomic E-state index is -0.0371. The van der Waals surface area contributed by atoms with Gasteiger partial charge in [-0.15, -0.1) is 24.0 Å². The number of hydrogen-bond donors (Lipinski definition) is 1.